The van der Waals surface area contributed by atoms with Crippen molar-refractivity contribution in [1.82, 2.24) is 0 Å². The quantitative estimate of drug-likeness (QED) is 0.669. The van der Waals surface area contributed by atoms with Crippen LogP contribution in [0.25, 0.3) is 0 Å². The molecule has 2 heterocycles. The summed E-state index contributed by atoms with van der Waals surface area (Å²) in [6.45, 7) is 8.90. The van der Waals surface area contributed by atoms with Gasteiger partial charge in [0.05, 0.1) is 0 Å². The molecule has 0 aromatic rings. The van der Waals surface area contributed by atoms with Crippen molar-refractivity contribution >= 4 is 11.9 Å². The molecular weight excluding hydrogens is 232 g/mol. The predicted molar refractivity (Wildman–Crippen MR) is 65.4 cm³/mol. The van der Waals surface area contributed by atoms with Gasteiger partial charge < -0.3 is 9.47 Å². The highest BCUT2D eigenvalue weighted by Crippen LogP contribution is 2.37. The first-order chi connectivity index (χ1) is 8.26. The summed E-state index contributed by atoms with van der Waals surface area (Å²) in [5, 5.41) is 0. The van der Waals surface area contributed by atoms with Gasteiger partial charge in [-0.15, -0.1) is 0 Å². The maximum Gasteiger partial charge on any atom is 0.339 e. The molecule has 4 nitrogen and oxygen atoms in total. The first kappa shape index (κ1) is 12.6. The van der Waals surface area contributed by atoms with Crippen molar-refractivity contribution in [2.75, 3.05) is 0 Å². The summed E-state index contributed by atoms with van der Waals surface area (Å²) in [7, 11) is 0. The van der Waals surface area contributed by atoms with E-state index in [9.17, 15) is 9.59 Å². The Morgan fingerprint density at radius 2 is 1.56 bits per heavy atom. The fourth-order valence-electron chi connectivity index (χ4n) is 1.99. The average Bonchev–Trinajstić information content (AvgIpc) is 2.64. The Morgan fingerprint density at radius 3 is 1.94 bits per heavy atom. The van der Waals surface area contributed by atoms with Crippen LogP contribution >= 0.6 is 0 Å². The summed E-state index contributed by atoms with van der Waals surface area (Å²) < 4.78 is 10.5. The molecule has 0 amide bonds. The van der Waals surface area contributed by atoms with E-state index < -0.39 is 5.60 Å². The lowest BCUT2D eigenvalue weighted by Crippen LogP contribution is -2.25. The van der Waals surface area contributed by atoms with Gasteiger partial charge in [-0.05, 0) is 40.2 Å². The molecule has 0 saturated heterocycles. The van der Waals surface area contributed by atoms with Crippen LogP contribution in [-0.4, -0.2) is 17.5 Å². The zero-order valence-corrected chi connectivity index (χ0v) is 11.2. The van der Waals surface area contributed by atoms with Crippen LogP contribution < -0.4 is 0 Å². The molecule has 0 N–H and O–H groups in total. The van der Waals surface area contributed by atoms with Gasteiger partial charge in [0.15, 0.2) is 5.60 Å². The third-order valence-electron chi connectivity index (χ3n) is 3.77. The van der Waals surface area contributed by atoms with Gasteiger partial charge in [0.2, 0.25) is 0 Å². The maximum atomic E-state index is 11.6. The second-order valence-corrected chi connectivity index (χ2v) is 4.89. The minimum Gasteiger partial charge on any atom is -0.447 e. The van der Waals surface area contributed by atoms with Gasteiger partial charge in [0, 0.05) is 22.8 Å². The molecule has 0 bridgehead atoms. The molecule has 4 heteroatoms. The van der Waals surface area contributed by atoms with Crippen LogP contribution in [0, 0.1) is 0 Å². The van der Waals surface area contributed by atoms with Crippen molar-refractivity contribution < 1.29 is 19.1 Å². The largest absolute Gasteiger partial charge is 0.447 e. The van der Waals surface area contributed by atoms with E-state index in [0.717, 1.165) is 11.1 Å². The Balaban J connectivity index is 2.43. The van der Waals surface area contributed by atoms with Crippen LogP contribution in [-0.2, 0) is 19.1 Å². The number of rotatable bonds is 1. The molecular formula is C14H16O4. The standard InChI is InChI=1S/C14H16O4/c1-7-8(2)12(15)17-11(7)6-14(5)10(4)9(3)13(16)18-14/h6H,1-5H3/b11-6+. The predicted octanol–water partition coefficient (Wildman–Crippen LogP) is 2.42. The number of cyclic esters (lactones) is 2. The molecule has 0 fully saturated rings. The molecule has 1 atom stereocenters. The third kappa shape index (κ3) is 1.68. The SMILES string of the molecule is CC1=C(C)/C(=C\C2(C)OC(=O)C(C)=C2C)OC1=O. The zero-order chi connectivity index (χ0) is 13.7. The summed E-state index contributed by atoms with van der Waals surface area (Å²) >= 11 is 0. The number of esters is 2. The molecule has 2 aliphatic rings. The molecule has 0 spiro atoms. The molecule has 0 aromatic heterocycles. The van der Waals surface area contributed by atoms with Gasteiger partial charge in [-0.25, -0.2) is 9.59 Å². The van der Waals surface area contributed by atoms with Crippen molar-refractivity contribution in [2.24, 2.45) is 0 Å². The summed E-state index contributed by atoms with van der Waals surface area (Å²) in [5.41, 5.74) is 2.00. The Hall–Kier alpha value is -1.84. The first-order valence-electron chi connectivity index (χ1n) is 5.80. The highest BCUT2D eigenvalue weighted by molar-refractivity contribution is 5.94. The molecule has 1 unspecified atom stereocenters. The number of hydrogen-bond acceptors (Lipinski definition) is 4. The van der Waals surface area contributed by atoms with Crippen LogP contribution in [0.3, 0.4) is 0 Å². The Bertz CT molecular complexity index is 548. The van der Waals surface area contributed by atoms with E-state index in [4.69, 9.17) is 9.47 Å². The van der Waals surface area contributed by atoms with Gasteiger partial charge in [-0.2, -0.15) is 0 Å². The monoisotopic (exact) mass is 248 g/mol. The van der Waals surface area contributed by atoms with Crippen LogP contribution in [0.5, 0.6) is 0 Å². The molecule has 0 aliphatic carbocycles. The number of hydrogen-bond donors (Lipinski definition) is 0. The smallest absolute Gasteiger partial charge is 0.339 e. The van der Waals surface area contributed by atoms with Crippen LogP contribution in [0.1, 0.15) is 34.6 Å². The van der Waals surface area contributed by atoms with Crippen LogP contribution in [0.15, 0.2) is 34.1 Å². The number of ether oxygens (including phenoxy) is 2. The fourth-order valence-corrected chi connectivity index (χ4v) is 1.99. The van der Waals surface area contributed by atoms with Crippen LogP contribution in [0.4, 0.5) is 0 Å². The van der Waals surface area contributed by atoms with Crippen LogP contribution in [0.2, 0.25) is 0 Å². The Morgan fingerprint density at radius 1 is 0.944 bits per heavy atom. The Kier molecular flexibility index (Phi) is 2.69. The zero-order valence-electron chi connectivity index (χ0n) is 11.2. The van der Waals surface area contributed by atoms with E-state index >= 15 is 0 Å². The van der Waals surface area contributed by atoms with E-state index in [2.05, 4.69) is 0 Å². The van der Waals surface area contributed by atoms with Crippen molar-refractivity contribution in [3.63, 3.8) is 0 Å². The molecule has 2 rings (SSSR count). The number of carbonyl (C=O) groups is 2. The van der Waals surface area contributed by atoms with Gasteiger partial charge in [-0.1, -0.05) is 0 Å². The highest BCUT2D eigenvalue weighted by atomic mass is 16.6. The second kappa shape index (κ2) is 3.83. The fraction of sp³-hybridized carbons (Fsp3) is 0.429. The van der Waals surface area contributed by atoms with Crippen molar-refractivity contribution in [1.29, 1.82) is 0 Å². The van der Waals surface area contributed by atoms with Crippen molar-refractivity contribution in [2.45, 2.75) is 40.2 Å². The van der Waals surface area contributed by atoms with E-state index in [0.29, 0.717) is 16.9 Å². The lowest BCUT2D eigenvalue weighted by molar-refractivity contribution is -0.142. The van der Waals surface area contributed by atoms with E-state index in [1.54, 1.807) is 26.8 Å². The Labute approximate surface area is 106 Å². The molecule has 2 aliphatic heterocycles. The van der Waals surface area contributed by atoms with Gasteiger partial charge in [-0.3, -0.25) is 0 Å². The van der Waals surface area contributed by atoms with E-state index in [-0.39, 0.29) is 11.9 Å². The van der Waals surface area contributed by atoms with Crippen molar-refractivity contribution in [3.8, 4) is 0 Å². The van der Waals surface area contributed by atoms with E-state index in [1.807, 2.05) is 13.8 Å². The first-order valence-corrected chi connectivity index (χ1v) is 5.80. The molecule has 18 heavy (non-hydrogen) atoms. The van der Waals surface area contributed by atoms with E-state index in [1.165, 1.54) is 0 Å². The summed E-state index contributed by atoms with van der Waals surface area (Å²) in [5.74, 6) is -0.193. The summed E-state index contributed by atoms with van der Waals surface area (Å²) in [6, 6.07) is 0. The summed E-state index contributed by atoms with van der Waals surface area (Å²) in [4.78, 5) is 23.0. The molecule has 0 saturated carbocycles. The summed E-state index contributed by atoms with van der Waals surface area (Å²) in [6.07, 6.45) is 1.69. The van der Waals surface area contributed by atoms with Crippen molar-refractivity contribution in [3.05, 3.63) is 34.1 Å². The lowest BCUT2D eigenvalue weighted by atomic mass is 9.94. The number of carbonyl (C=O) groups excluding carboxylic acids is 2. The highest BCUT2D eigenvalue weighted by Gasteiger charge is 2.40. The maximum absolute atomic E-state index is 11.6. The normalized spacial score (nSPS) is 30.4. The minimum absolute atomic E-state index is 0.325. The molecule has 0 aromatic carbocycles. The third-order valence-corrected chi connectivity index (χ3v) is 3.77. The second-order valence-electron chi connectivity index (χ2n) is 4.89. The minimum atomic E-state index is -0.831. The molecule has 96 valence electrons. The van der Waals surface area contributed by atoms with Gasteiger partial charge in [0.25, 0.3) is 0 Å². The topological polar surface area (TPSA) is 52.6 Å². The van der Waals surface area contributed by atoms with Gasteiger partial charge >= 0.3 is 11.9 Å². The van der Waals surface area contributed by atoms with Gasteiger partial charge in [0.1, 0.15) is 5.76 Å². The lowest BCUT2D eigenvalue weighted by Gasteiger charge is -2.21. The number of allylic oxidation sites excluding steroid dienone is 1. The average molecular weight is 248 g/mol. The molecule has 0 radical (unpaired) electrons.